The molecule has 0 aromatic carbocycles. The zero-order valence-electron chi connectivity index (χ0n) is 8.88. The molecule has 1 heterocycles. The van der Waals surface area contributed by atoms with Gasteiger partial charge in [-0.2, -0.15) is 0 Å². The van der Waals surface area contributed by atoms with Crippen molar-refractivity contribution in [2.45, 2.75) is 31.2 Å². The molecular formula is C10H19NO3. The minimum Gasteiger partial charge on any atom is -0.392 e. The molecule has 2 atom stereocenters. The second-order valence-electron chi connectivity index (χ2n) is 4.43. The molecule has 0 aromatic rings. The third-order valence-corrected chi connectivity index (χ3v) is 3.87. The lowest BCUT2D eigenvalue weighted by Gasteiger charge is -2.59. The average molecular weight is 201 g/mol. The van der Waals surface area contributed by atoms with Crippen molar-refractivity contribution in [3.8, 4) is 0 Å². The first-order valence-electron chi connectivity index (χ1n) is 5.17. The maximum atomic E-state index is 9.66. The molecule has 2 N–H and O–H groups in total. The third-order valence-electron chi connectivity index (χ3n) is 3.87. The fourth-order valence-electron chi connectivity index (χ4n) is 2.96. The van der Waals surface area contributed by atoms with Gasteiger partial charge in [0.05, 0.1) is 6.10 Å². The smallest absolute Gasteiger partial charge is 0.174 e. The summed E-state index contributed by atoms with van der Waals surface area (Å²) in [5.74, 6) is -0.471. The largest absolute Gasteiger partial charge is 0.392 e. The number of aliphatic hydroxyl groups excluding tert-OH is 1. The van der Waals surface area contributed by atoms with Gasteiger partial charge < -0.3 is 19.9 Å². The summed E-state index contributed by atoms with van der Waals surface area (Å²) < 4.78 is 11.0. The summed E-state index contributed by atoms with van der Waals surface area (Å²) in [6.07, 6.45) is 2.50. The van der Waals surface area contributed by atoms with E-state index in [9.17, 15) is 5.11 Å². The number of nitrogens with one attached hydrogen (secondary N) is 1. The highest BCUT2D eigenvalue weighted by Gasteiger charge is 2.61. The van der Waals surface area contributed by atoms with Crippen molar-refractivity contribution in [3.63, 3.8) is 0 Å². The summed E-state index contributed by atoms with van der Waals surface area (Å²) in [6.45, 7) is 1.57. The first kappa shape index (κ1) is 10.4. The summed E-state index contributed by atoms with van der Waals surface area (Å²) in [4.78, 5) is 0. The second-order valence-corrected chi connectivity index (χ2v) is 4.43. The molecule has 14 heavy (non-hydrogen) atoms. The van der Waals surface area contributed by atoms with Crippen LogP contribution in [-0.4, -0.2) is 44.3 Å². The third kappa shape index (κ3) is 1.21. The lowest BCUT2D eigenvalue weighted by molar-refractivity contribution is -0.338. The van der Waals surface area contributed by atoms with E-state index in [-0.39, 0.29) is 11.5 Å². The van der Waals surface area contributed by atoms with Crippen LogP contribution in [-0.2, 0) is 9.47 Å². The summed E-state index contributed by atoms with van der Waals surface area (Å²) in [6, 6.07) is 0. The Kier molecular flexibility index (Phi) is 2.55. The summed E-state index contributed by atoms with van der Waals surface area (Å²) >= 11 is 0. The maximum Gasteiger partial charge on any atom is 0.174 e. The highest BCUT2D eigenvalue weighted by atomic mass is 16.7. The normalized spacial score (nSPS) is 40.9. The van der Waals surface area contributed by atoms with Gasteiger partial charge in [-0.1, -0.05) is 0 Å². The van der Waals surface area contributed by atoms with Crippen LogP contribution < -0.4 is 5.32 Å². The Morgan fingerprint density at radius 3 is 2.43 bits per heavy atom. The van der Waals surface area contributed by atoms with E-state index in [2.05, 4.69) is 5.32 Å². The van der Waals surface area contributed by atoms with Crippen molar-refractivity contribution in [1.82, 2.24) is 5.32 Å². The number of ether oxygens (including phenoxy) is 2. The first-order chi connectivity index (χ1) is 6.68. The molecule has 4 nitrogen and oxygen atoms in total. The van der Waals surface area contributed by atoms with Crippen LogP contribution in [0.1, 0.15) is 19.3 Å². The van der Waals surface area contributed by atoms with Gasteiger partial charge in [0.1, 0.15) is 0 Å². The van der Waals surface area contributed by atoms with E-state index in [1.807, 2.05) is 0 Å². The quantitative estimate of drug-likeness (QED) is 0.623. The highest BCUT2D eigenvalue weighted by molar-refractivity contribution is 5.07. The molecule has 4 heteroatoms. The molecule has 1 aliphatic carbocycles. The lowest BCUT2D eigenvalue weighted by Crippen LogP contribution is -2.67. The van der Waals surface area contributed by atoms with Gasteiger partial charge in [0, 0.05) is 39.1 Å². The van der Waals surface area contributed by atoms with Gasteiger partial charge in [-0.25, -0.2) is 0 Å². The van der Waals surface area contributed by atoms with E-state index >= 15 is 0 Å². The topological polar surface area (TPSA) is 50.7 Å². The first-order valence-corrected chi connectivity index (χ1v) is 5.17. The number of hydrogen-bond acceptors (Lipinski definition) is 4. The molecule has 0 radical (unpaired) electrons. The number of rotatable bonds is 2. The Balaban J connectivity index is 2.14. The number of aliphatic hydroxyl groups is 1. The molecule has 1 aliphatic heterocycles. The van der Waals surface area contributed by atoms with Crippen molar-refractivity contribution in [2.24, 2.45) is 5.41 Å². The molecule has 82 valence electrons. The van der Waals surface area contributed by atoms with Crippen molar-refractivity contribution >= 4 is 0 Å². The molecule has 1 saturated heterocycles. The minimum absolute atomic E-state index is 0.0197. The van der Waals surface area contributed by atoms with Gasteiger partial charge in [0.2, 0.25) is 0 Å². The monoisotopic (exact) mass is 201 g/mol. The molecule has 1 saturated carbocycles. The van der Waals surface area contributed by atoms with Crippen molar-refractivity contribution < 1.29 is 14.6 Å². The van der Waals surface area contributed by atoms with Crippen LogP contribution in [0.4, 0.5) is 0 Å². The van der Waals surface area contributed by atoms with Crippen LogP contribution in [0.15, 0.2) is 0 Å². The Bertz CT molecular complexity index is 212. The lowest BCUT2D eigenvalue weighted by atomic mass is 9.59. The Morgan fingerprint density at radius 2 is 2.00 bits per heavy atom. The van der Waals surface area contributed by atoms with Crippen LogP contribution in [0.25, 0.3) is 0 Å². The predicted octanol–water partition coefficient (Wildman–Crippen LogP) is 0.110. The van der Waals surface area contributed by atoms with Crippen LogP contribution in [0.3, 0.4) is 0 Å². The van der Waals surface area contributed by atoms with Crippen LogP contribution in [0.5, 0.6) is 0 Å². The summed E-state index contributed by atoms with van der Waals surface area (Å²) in [7, 11) is 3.37. The van der Waals surface area contributed by atoms with E-state index in [0.29, 0.717) is 6.54 Å². The molecule has 2 aliphatic rings. The molecule has 0 aromatic heterocycles. The van der Waals surface area contributed by atoms with E-state index in [1.54, 1.807) is 14.2 Å². The van der Waals surface area contributed by atoms with Crippen LogP contribution >= 0.6 is 0 Å². The van der Waals surface area contributed by atoms with Crippen molar-refractivity contribution in [2.75, 3.05) is 27.3 Å². The fraction of sp³-hybridized carbons (Fsp3) is 1.00. The fourth-order valence-corrected chi connectivity index (χ4v) is 2.96. The molecule has 2 unspecified atom stereocenters. The van der Waals surface area contributed by atoms with E-state index in [1.165, 1.54) is 0 Å². The average Bonchev–Trinajstić information content (AvgIpc) is 2.19. The second kappa shape index (κ2) is 3.45. The van der Waals surface area contributed by atoms with Crippen molar-refractivity contribution in [3.05, 3.63) is 0 Å². The van der Waals surface area contributed by atoms with Gasteiger partial charge in [-0.3, -0.25) is 0 Å². The molecule has 2 fully saturated rings. The zero-order valence-corrected chi connectivity index (χ0v) is 8.88. The standard InChI is InChI=1S/C10H19NO3/c1-13-10(14-2)4-3-9(10)5-8(12)6-11-7-9/h8,11-12H,3-7H2,1-2H3. The number of hydrogen-bond donors (Lipinski definition) is 2. The van der Waals surface area contributed by atoms with Crippen molar-refractivity contribution in [1.29, 1.82) is 0 Å². The Morgan fingerprint density at radius 1 is 1.29 bits per heavy atom. The molecule has 1 spiro atoms. The Hall–Kier alpha value is -0.160. The predicted molar refractivity (Wildman–Crippen MR) is 51.9 cm³/mol. The van der Waals surface area contributed by atoms with Gasteiger partial charge in [-0.05, 0) is 12.8 Å². The minimum atomic E-state index is -0.471. The number of β-amino-alcohol motifs (C(OH)–C–C–N with tert-alkyl or cyclic N) is 1. The van der Waals surface area contributed by atoms with Crippen LogP contribution in [0, 0.1) is 5.41 Å². The van der Waals surface area contributed by atoms with Gasteiger partial charge in [-0.15, -0.1) is 0 Å². The highest BCUT2D eigenvalue weighted by Crippen LogP contribution is 2.55. The summed E-state index contributed by atoms with van der Waals surface area (Å²) in [5, 5.41) is 12.9. The zero-order chi connectivity index (χ0) is 10.2. The van der Waals surface area contributed by atoms with Gasteiger partial charge >= 0.3 is 0 Å². The van der Waals surface area contributed by atoms with E-state index < -0.39 is 5.79 Å². The SMILES string of the molecule is COC1(OC)CCC12CNCC(O)C2. The Labute approximate surface area is 84.6 Å². The van der Waals surface area contributed by atoms with Gasteiger partial charge in [0.25, 0.3) is 0 Å². The van der Waals surface area contributed by atoms with Crippen LogP contribution in [0.2, 0.25) is 0 Å². The summed E-state index contributed by atoms with van der Waals surface area (Å²) in [5.41, 5.74) is -0.0197. The molecule has 2 rings (SSSR count). The maximum absolute atomic E-state index is 9.66. The number of methoxy groups -OCH3 is 2. The van der Waals surface area contributed by atoms with E-state index in [0.717, 1.165) is 25.8 Å². The van der Waals surface area contributed by atoms with Gasteiger partial charge in [0.15, 0.2) is 5.79 Å². The molecule has 0 bridgehead atoms. The molecular weight excluding hydrogens is 182 g/mol. The number of piperidine rings is 1. The van der Waals surface area contributed by atoms with E-state index in [4.69, 9.17) is 9.47 Å². The molecule has 0 amide bonds.